The molecule has 0 aliphatic carbocycles. The van der Waals surface area contributed by atoms with Gasteiger partial charge in [-0.2, -0.15) is 0 Å². The van der Waals surface area contributed by atoms with Gasteiger partial charge in [0.05, 0.1) is 6.10 Å². The molecular weight excluding hydrogens is 220 g/mol. The molecule has 16 heavy (non-hydrogen) atoms. The Bertz CT molecular complexity index is 442. The fourth-order valence-electron chi connectivity index (χ4n) is 1.21. The first-order chi connectivity index (χ1) is 7.75. The topological polar surface area (TPSA) is 46.0 Å². The summed E-state index contributed by atoms with van der Waals surface area (Å²) in [5.74, 6) is 0. The Morgan fingerprint density at radius 3 is 2.50 bits per heavy atom. The maximum atomic E-state index is 9.35. The first kappa shape index (κ1) is 11.1. The maximum Gasteiger partial charge on any atom is 0.102 e. The Hall–Kier alpha value is -1.39. The van der Waals surface area contributed by atoms with Crippen molar-refractivity contribution in [3.05, 3.63) is 48.3 Å². The van der Waals surface area contributed by atoms with Gasteiger partial charge in [-0.3, -0.25) is 0 Å². The predicted molar refractivity (Wildman–Crippen MR) is 63.2 cm³/mol. The van der Waals surface area contributed by atoms with Crippen LogP contribution in [0.4, 0.5) is 0 Å². The third kappa shape index (κ3) is 2.81. The van der Waals surface area contributed by atoms with Crippen LogP contribution in [0.2, 0.25) is 0 Å². The lowest BCUT2D eigenvalue weighted by atomic mass is 10.2. The van der Waals surface area contributed by atoms with Crippen molar-refractivity contribution >= 4 is 11.8 Å². The number of pyridine rings is 2. The van der Waals surface area contributed by atoms with E-state index < -0.39 is 6.10 Å². The standard InChI is InChI=1S/C12H12N2OS/c1-9(15)10-5-6-12(14-8-10)16-11-4-2-3-7-13-11/h2-9,15H,1H3/t9-/m0/s1. The molecule has 0 aromatic carbocycles. The first-order valence-electron chi connectivity index (χ1n) is 4.98. The molecule has 1 atom stereocenters. The summed E-state index contributed by atoms with van der Waals surface area (Å²) < 4.78 is 0. The highest BCUT2D eigenvalue weighted by Crippen LogP contribution is 2.24. The van der Waals surface area contributed by atoms with Crippen LogP contribution in [0.5, 0.6) is 0 Å². The average molecular weight is 232 g/mol. The second-order valence-corrected chi connectivity index (χ2v) is 4.42. The van der Waals surface area contributed by atoms with Crippen LogP contribution in [-0.2, 0) is 0 Å². The Morgan fingerprint density at radius 2 is 1.94 bits per heavy atom. The fraction of sp³-hybridized carbons (Fsp3) is 0.167. The summed E-state index contributed by atoms with van der Waals surface area (Å²) in [7, 11) is 0. The lowest BCUT2D eigenvalue weighted by molar-refractivity contribution is 0.198. The van der Waals surface area contributed by atoms with Crippen molar-refractivity contribution < 1.29 is 5.11 Å². The third-order valence-electron chi connectivity index (χ3n) is 2.09. The number of aliphatic hydroxyl groups is 1. The summed E-state index contributed by atoms with van der Waals surface area (Å²) in [4.78, 5) is 8.46. The lowest BCUT2D eigenvalue weighted by Crippen LogP contribution is -1.92. The van der Waals surface area contributed by atoms with Gasteiger partial charge in [0, 0.05) is 12.4 Å². The quantitative estimate of drug-likeness (QED) is 0.883. The van der Waals surface area contributed by atoms with Gasteiger partial charge in [0.25, 0.3) is 0 Å². The maximum absolute atomic E-state index is 9.35. The zero-order valence-electron chi connectivity index (χ0n) is 8.87. The minimum Gasteiger partial charge on any atom is -0.389 e. The van der Waals surface area contributed by atoms with Crippen molar-refractivity contribution in [1.29, 1.82) is 0 Å². The normalized spacial score (nSPS) is 12.4. The molecule has 0 amide bonds. The van der Waals surface area contributed by atoms with Gasteiger partial charge in [0.1, 0.15) is 10.1 Å². The summed E-state index contributed by atoms with van der Waals surface area (Å²) in [6.45, 7) is 1.72. The van der Waals surface area contributed by atoms with Crippen LogP contribution in [0.25, 0.3) is 0 Å². The second kappa shape index (κ2) is 5.09. The van der Waals surface area contributed by atoms with E-state index in [0.717, 1.165) is 15.6 Å². The molecule has 0 bridgehead atoms. The molecule has 0 aliphatic rings. The van der Waals surface area contributed by atoms with Crippen LogP contribution in [0.15, 0.2) is 52.8 Å². The smallest absolute Gasteiger partial charge is 0.102 e. The Kier molecular flexibility index (Phi) is 3.54. The van der Waals surface area contributed by atoms with E-state index in [1.54, 1.807) is 19.3 Å². The van der Waals surface area contributed by atoms with Crippen molar-refractivity contribution in [1.82, 2.24) is 9.97 Å². The molecule has 2 aromatic heterocycles. The summed E-state index contributed by atoms with van der Waals surface area (Å²) >= 11 is 1.50. The number of nitrogens with zero attached hydrogens (tertiary/aromatic N) is 2. The zero-order valence-corrected chi connectivity index (χ0v) is 9.69. The van der Waals surface area contributed by atoms with Gasteiger partial charge in [0.15, 0.2) is 0 Å². The SMILES string of the molecule is C[C@H](O)c1ccc(Sc2ccccn2)nc1. The van der Waals surface area contributed by atoms with E-state index in [1.165, 1.54) is 11.8 Å². The molecule has 2 aromatic rings. The van der Waals surface area contributed by atoms with Crippen LogP contribution in [-0.4, -0.2) is 15.1 Å². The second-order valence-electron chi connectivity index (χ2n) is 3.38. The Labute approximate surface area is 98.6 Å². The fourth-order valence-corrected chi connectivity index (χ4v) is 1.93. The van der Waals surface area contributed by atoms with Gasteiger partial charge in [-0.25, -0.2) is 9.97 Å². The van der Waals surface area contributed by atoms with Gasteiger partial charge in [0.2, 0.25) is 0 Å². The zero-order chi connectivity index (χ0) is 11.4. The number of hydrogen-bond acceptors (Lipinski definition) is 4. The van der Waals surface area contributed by atoms with Crippen LogP contribution in [0, 0.1) is 0 Å². The molecule has 4 heteroatoms. The van der Waals surface area contributed by atoms with Crippen molar-refractivity contribution in [2.45, 2.75) is 23.1 Å². The molecule has 2 rings (SSSR count). The van der Waals surface area contributed by atoms with Crippen LogP contribution < -0.4 is 0 Å². The number of aromatic nitrogens is 2. The molecule has 1 N–H and O–H groups in total. The van der Waals surface area contributed by atoms with Gasteiger partial charge >= 0.3 is 0 Å². The van der Waals surface area contributed by atoms with Gasteiger partial charge in [-0.15, -0.1) is 0 Å². The molecule has 2 heterocycles. The lowest BCUT2D eigenvalue weighted by Gasteiger charge is -2.04. The summed E-state index contributed by atoms with van der Waals surface area (Å²) in [5, 5.41) is 11.1. The van der Waals surface area contributed by atoms with E-state index in [1.807, 2.05) is 30.3 Å². The summed E-state index contributed by atoms with van der Waals surface area (Å²) in [6, 6.07) is 9.53. The van der Waals surface area contributed by atoms with Crippen molar-refractivity contribution in [2.24, 2.45) is 0 Å². The molecular formula is C12H12N2OS. The van der Waals surface area contributed by atoms with E-state index in [4.69, 9.17) is 0 Å². The van der Waals surface area contributed by atoms with Crippen LogP contribution in [0.1, 0.15) is 18.6 Å². The minimum absolute atomic E-state index is 0.471. The van der Waals surface area contributed by atoms with Crippen molar-refractivity contribution in [3.8, 4) is 0 Å². The molecule has 3 nitrogen and oxygen atoms in total. The van der Waals surface area contributed by atoms with Gasteiger partial charge < -0.3 is 5.11 Å². The van der Waals surface area contributed by atoms with Crippen molar-refractivity contribution in [3.63, 3.8) is 0 Å². The number of aliphatic hydroxyl groups excluding tert-OH is 1. The highest BCUT2D eigenvalue weighted by atomic mass is 32.2. The largest absolute Gasteiger partial charge is 0.389 e. The molecule has 0 radical (unpaired) electrons. The van der Waals surface area contributed by atoms with Crippen molar-refractivity contribution in [2.75, 3.05) is 0 Å². The number of rotatable bonds is 3. The Morgan fingerprint density at radius 1 is 1.12 bits per heavy atom. The summed E-state index contributed by atoms with van der Waals surface area (Å²) in [6.07, 6.45) is 2.98. The van der Waals surface area contributed by atoms with E-state index in [2.05, 4.69) is 9.97 Å². The summed E-state index contributed by atoms with van der Waals surface area (Å²) in [5.41, 5.74) is 0.824. The Balaban J connectivity index is 2.11. The monoisotopic (exact) mass is 232 g/mol. The van der Waals surface area contributed by atoms with E-state index >= 15 is 0 Å². The van der Waals surface area contributed by atoms with Gasteiger partial charge in [-0.1, -0.05) is 23.9 Å². The van der Waals surface area contributed by atoms with Gasteiger partial charge in [-0.05, 0) is 30.7 Å². The van der Waals surface area contributed by atoms with E-state index in [9.17, 15) is 5.11 Å². The predicted octanol–water partition coefficient (Wildman–Crippen LogP) is 2.68. The molecule has 0 unspecified atom stereocenters. The molecule has 0 saturated heterocycles. The molecule has 0 fully saturated rings. The highest BCUT2D eigenvalue weighted by molar-refractivity contribution is 7.99. The molecule has 0 spiro atoms. The van der Waals surface area contributed by atoms with Crippen LogP contribution in [0.3, 0.4) is 0 Å². The van der Waals surface area contributed by atoms with E-state index in [-0.39, 0.29) is 0 Å². The minimum atomic E-state index is -0.471. The third-order valence-corrected chi connectivity index (χ3v) is 2.99. The average Bonchev–Trinajstić information content (AvgIpc) is 2.31. The first-order valence-corrected chi connectivity index (χ1v) is 5.80. The molecule has 82 valence electrons. The highest BCUT2D eigenvalue weighted by Gasteiger charge is 2.02. The number of hydrogen-bond donors (Lipinski definition) is 1. The van der Waals surface area contributed by atoms with E-state index in [0.29, 0.717) is 0 Å². The molecule has 0 aliphatic heterocycles. The molecule has 0 saturated carbocycles. The van der Waals surface area contributed by atoms with Crippen LogP contribution >= 0.6 is 11.8 Å².